The van der Waals surface area contributed by atoms with E-state index < -0.39 is 6.10 Å². The van der Waals surface area contributed by atoms with Gasteiger partial charge in [0.15, 0.2) is 0 Å². The fraction of sp³-hybridized carbons (Fsp3) is 0.333. The minimum Gasteiger partial charge on any atom is -0.472 e. The lowest BCUT2D eigenvalue weighted by Crippen LogP contribution is -1.95. The summed E-state index contributed by atoms with van der Waals surface area (Å²) >= 11 is 5.35. The summed E-state index contributed by atoms with van der Waals surface area (Å²) in [6.07, 6.45) is 2.39. The lowest BCUT2D eigenvalue weighted by Gasteiger charge is -1.99. The molecule has 1 aromatic rings. The molecule has 0 aliphatic carbocycles. The molecule has 1 rings (SSSR count). The Morgan fingerprint density at radius 1 is 1.78 bits per heavy atom. The van der Waals surface area contributed by atoms with Crippen molar-refractivity contribution in [3.8, 4) is 0 Å². The van der Waals surface area contributed by atoms with Crippen LogP contribution in [0.3, 0.4) is 0 Å². The van der Waals surface area contributed by atoms with Gasteiger partial charge >= 0.3 is 0 Å². The van der Waals surface area contributed by atoms with E-state index in [1.165, 1.54) is 12.5 Å². The fourth-order valence-corrected chi connectivity index (χ4v) is 0.732. The van der Waals surface area contributed by atoms with E-state index in [0.717, 1.165) is 5.56 Å². The largest absolute Gasteiger partial charge is 0.472 e. The first-order valence-electron chi connectivity index (χ1n) is 2.60. The smallest absolute Gasteiger partial charge is 0.0961 e. The van der Waals surface area contributed by atoms with Crippen molar-refractivity contribution in [2.45, 2.75) is 6.10 Å². The Kier molecular flexibility index (Phi) is 2.14. The zero-order valence-electron chi connectivity index (χ0n) is 4.75. The third-order valence-electron chi connectivity index (χ3n) is 1.07. The van der Waals surface area contributed by atoms with E-state index in [1.807, 2.05) is 0 Å². The van der Waals surface area contributed by atoms with Gasteiger partial charge in [0.25, 0.3) is 0 Å². The van der Waals surface area contributed by atoms with E-state index in [-0.39, 0.29) is 5.88 Å². The van der Waals surface area contributed by atoms with E-state index in [1.54, 1.807) is 6.07 Å². The Morgan fingerprint density at radius 3 is 3.00 bits per heavy atom. The first-order valence-corrected chi connectivity index (χ1v) is 3.14. The van der Waals surface area contributed by atoms with Gasteiger partial charge < -0.3 is 9.52 Å². The van der Waals surface area contributed by atoms with Gasteiger partial charge in [-0.3, -0.25) is 0 Å². The van der Waals surface area contributed by atoms with Crippen molar-refractivity contribution >= 4 is 11.6 Å². The van der Waals surface area contributed by atoms with Gasteiger partial charge in [0.2, 0.25) is 0 Å². The average molecular weight is 147 g/mol. The molecule has 9 heavy (non-hydrogen) atoms. The number of aliphatic hydroxyl groups is 1. The Bertz CT molecular complexity index is 160. The van der Waals surface area contributed by atoms with Crippen LogP contribution in [0, 0.1) is 0 Å². The molecule has 0 spiro atoms. The van der Waals surface area contributed by atoms with Crippen LogP contribution in [0.5, 0.6) is 0 Å². The molecule has 0 saturated heterocycles. The normalized spacial score (nSPS) is 13.6. The second kappa shape index (κ2) is 2.90. The number of rotatable bonds is 2. The van der Waals surface area contributed by atoms with Crippen molar-refractivity contribution < 1.29 is 9.52 Å². The van der Waals surface area contributed by atoms with Crippen LogP contribution in [0.4, 0.5) is 0 Å². The molecule has 0 aliphatic rings. The number of halogens is 1. The van der Waals surface area contributed by atoms with Crippen LogP contribution in [0.2, 0.25) is 0 Å². The SMILES string of the molecule is OC(CCl)c1ccoc1. The van der Waals surface area contributed by atoms with Gasteiger partial charge in [-0.05, 0) is 6.07 Å². The Labute approximate surface area is 58.1 Å². The molecule has 1 aromatic heterocycles. The van der Waals surface area contributed by atoms with E-state index in [2.05, 4.69) is 0 Å². The van der Waals surface area contributed by atoms with E-state index >= 15 is 0 Å². The number of hydrogen-bond acceptors (Lipinski definition) is 2. The Morgan fingerprint density at radius 2 is 2.56 bits per heavy atom. The second-order valence-electron chi connectivity index (χ2n) is 1.73. The van der Waals surface area contributed by atoms with Crippen molar-refractivity contribution in [2.24, 2.45) is 0 Å². The molecule has 0 aliphatic heterocycles. The van der Waals surface area contributed by atoms with Crippen LogP contribution in [0.15, 0.2) is 23.0 Å². The highest BCUT2D eigenvalue weighted by Gasteiger charge is 2.04. The molecule has 0 bridgehead atoms. The van der Waals surface area contributed by atoms with Gasteiger partial charge in [-0.15, -0.1) is 11.6 Å². The second-order valence-corrected chi connectivity index (χ2v) is 2.04. The van der Waals surface area contributed by atoms with Gasteiger partial charge in [-0.1, -0.05) is 0 Å². The van der Waals surface area contributed by atoms with E-state index in [9.17, 15) is 0 Å². The topological polar surface area (TPSA) is 33.4 Å². The highest BCUT2D eigenvalue weighted by Crippen LogP contribution is 2.13. The monoisotopic (exact) mass is 146 g/mol. The van der Waals surface area contributed by atoms with Crippen LogP contribution < -0.4 is 0 Å². The minimum absolute atomic E-state index is 0.208. The summed E-state index contributed by atoms with van der Waals surface area (Å²) in [6, 6.07) is 1.69. The van der Waals surface area contributed by atoms with Crippen LogP contribution in [-0.2, 0) is 0 Å². The van der Waals surface area contributed by atoms with Gasteiger partial charge in [-0.2, -0.15) is 0 Å². The summed E-state index contributed by atoms with van der Waals surface area (Å²) in [5.74, 6) is 0.208. The Balaban J connectivity index is 2.65. The van der Waals surface area contributed by atoms with E-state index in [0.29, 0.717) is 0 Å². The van der Waals surface area contributed by atoms with Crippen LogP contribution >= 0.6 is 11.6 Å². The maximum atomic E-state index is 9.03. The van der Waals surface area contributed by atoms with Crippen molar-refractivity contribution in [3.63, 3.8) is 0 Å². The molecule has 0 saturated carbocycles. The molecule has 3 heteroatoms. The lowest BCUT2D eigenvalue weighted by molar-refractivity contribution is 0.201. The molecule has 0 aromatic carbocycles. The molecule has 50 valence electrons. The molecule has 0 radical (unpaired) electrons. The highest BCUT2D eigenvalue weighted by atomic mass is 35.5. The molecule has 1 N–H and O–H groups in total. The van der Waals surface area contributed by atoms with Crippen molar-refractivity contribution in [1.29, 1.82) is 0 Å². The van der Waals surface area contributed by atoms with Crippen LogP contribution in [-0.4, -0.2) is 11.0 Å². The summed E-state index contributed by atoms with van der Waals surface area (Å²) in [5, 5.41) is 9.03. The predicted molar refractivity (Wildman–Crippen MR) is 34.4 cm³/mol. The first kappa shape index (κ1) is 6.65. The number of hydrogen-bond donors (Lipinski definition) is 1. The molecule has 1 atom stereocenters. The highest BCUT2D eigenvalue weighted by molar-refractivity contribution is 6.18. The maximum Gasteiger partial charge on any atom is 0.0961 e. The van der Waals surface area contributed by atoms with E-state index in [4.69, 9.17) is 21.1 Å². The van der Waals surface area contributed by atoms with Crippen molar-refractivity contribution in [3.05, 3.63) is 24.2 Å². The standard InChI is InChI=1S/C6H7ClO2/c7-3-6(8)5-1-2-9-4-5/h1-2,4,6,8H,3H2. The molecule has 1 unspecified atom stereocenters. The van der Waals surface area contributed by atoms with Gasteiger partial charge in [0, 0.05) is 5.56 Å². The van der Waals surface area contributed by atoms with Crippen LogP contribution in [0.25, 0.3) is 0 Å². The molecule has 0 fully saturated rings. The average Bonchev–Trinajstić information content (AvgIpc) is 2.37. The molecule has 0 amide bonds. The third-order valence-corrected chi connectivity index (χ3v) is 1.37. The van der Waals surface area contributed by atoms with Gasteiger partial charge in [0.1, 0.15) is 0 Å². The zero-order valence-corrected chi connectivity index (χ0v) is 5.51. The van der Waals surface area contributed by atoms with Gasteiger partial charge in [0.05, 0.1) is 24.5 Å². The summed E-state index contributed by atoms with van der Waals surface area (Å²) in [6.45, 7) is 0. The minimum atomic E-state index is -0.592. The number of furan rings is 1. The summed E-state index contributed by atoms with van der Waals surface area (Å²) in [5.41, 5.74) is 0.727. The zero-order chi connectivity index (χ0) is 6.69. The fourth-order valence-electron chi connectivity index (χ4n) is 0.554. The number of aliphatic hydroxyl groups excluding tert-OH is 1. The maximum absolute atomic E-state index is 9.03. The van der Waals surface area contributed by atoms with Gasteiger partial charge in [-0.25, -0.2) is 0 Å². The van der Waals surface area contributed by atoms with Crippen molar-refractivity contribution in [1.82, 2.24) is 0 Å². The molecule has 1 heterocycles. The molecular formula is C6H7ClO2. The summed E-state index contributed by atoms with van der Waals surface area (Å²) < 4.78 is 4.72. The summed E-state index contributed by atoms with van der Waals surface area (Å²) in [4.78, 5) is 0. The molecule has 2 nitrogen and oxygen atoms in total. The first-order chi connectivity index (χ1) is 4.34. The summed E-state index contributed by atoms with van der Waals surface area (Å²) in [7, 11) is 0. The third kappa shape index (κ3) is 1.47. The Hall–Kier alpha value is -0.470. The van der Waals surface area contributed by atoms with Crippen molar-refractivity contribution in [2.75, 3.05) is 5.88 Å². The molecular weight excluding hydrogens is 140 g/mol. The number of alkyl halides is 1. The predicted octanol–water partition coefficient (Wildman–Crippen LogP) is 1.55. The lowest BCUT2D eigenvalue weighted by atomic mass is 10.2. The van der Waals surface area contributed by atoms with Crippen LogP contribution in [0.1, 0.15) is 11.7 Å². The quantitative estimate of drug-likeness (QED) is 0.643.